The summed E-state index contributed by atoms with van der Waals surface area (Å²) in [5.41, 5.74) is 7.10. The van der Waals surface area contributed by atoms with Crippen LogP contribution in [0.1, 0.15) is 11.1 Å². The zero-order chi connectivity index (χ0) is 19.5. The summed E-state index contributed by atoms with van der Waals surface area (Å²) in [4.78, 5) is 6.52. The van der Waals surface area contributed by atoms with Crippen LogP contribution >= 0.6 is 0 Å². The van der Waals surface area contributed by atoms with Crippen molar-refractivity contribution in [3.05, 3.63) is 41.7 Å². The minimum absolute atomic E-state index is 0.149. The third-order valence-corrected chi connectivity index (χ3v) is 5.22. The predicted molar refractivity (Wildman–Crippen MR) is 113 cm³/mol. The van der Waals surface area contributed by atoms with Crippen molar-refractivity contribution in [2.75, 3.05) is 52.2 Å². The Labute approximate surface area is 165 Å². The lowest BCUT2D eigenvalue weighted by atomic mass is 9.88. The first-order valence-corrected chi connectivity index (χ1v) is 9.85. The summed E-state index contributed by atoms with van der Waals surface area (Å²) < 4.78 is 2.07. The summed E-state index contributed by atoms with van der Waals surface area (Å²) in [5, 5.41) is 22.0. The van der Waals surface area contributed by atoms with Gasteiger partial charge in [0.25, 0.3) is 0 Å². The Balaban J connectivity index is 1.73. The van der Waals surface area contributed by atoms with Crippen molar-refractivity contribution >= 4 is 16.6 Å². The minimum Gasteiger partial charge on any atom is -0.395 e. The number of anilines is 1. The topological polar surface area (TPSA) is 78.2 Å². The maximum atomic E-state index is 8.97. The van der Waals surface area contributed by atoms with E-state index in [9.17, 15) is 0 Å². The third-order valence-electron chi connectivity index (χ3n) is 5.22. The highest BCUT2D eigenvalue weighted by molar-refractivity contribution is 6.01. The first-order valence-electron chi connectivity index (χ1n) is 9.85. The Morgan fingerprint density at radius 3 is 2.89 bits per heavy atom. The molecule has 0 radical (unpaired) electrons. The predicted octanol–water partition coefficient (Wildman–Crippen LogP) is 1.56. The third kappa shape index (κ3) is 3.61. The van der Waals surface area contributed by atoms with Crippen LogP contribution in [0.25, 0.3) is 22.2 Å². The molecule has 2 heterocycles. The molecule has 2 aromatic heterocycles. The molecule has 1 aliphatic carbocycles. The zero-order valence-electron chi connectivity index (χ0n) is 16.6. The molecule has 0 fully saturated rings. The highest BCUT2D eigenvalue weighted by Crippen LogP contribution is 2.41. The Kier molecular flexibility index (Phi) is 5.57. The second-order valence-corrected chi connectivity index (χ2v) is 7.47. The van der Waals surface area contributed by atoms with Gasteiger partial charge in [0.1, 0.15) is 5.69 Å². The number of benzene rings is 1. The second kappa shape index (κ2) is 8.26. The van der Waals surface area contributed by atoms with E-state index in [2.05, 4.69) is 57.5 Å². The number of likely N-dealkylation sites (N-methyl/N-ethyl adjacent to an activating group) is 1. The number of hydrogen-bond acceptors (Lipinski definition) is 6. The first-order chi connectivity index (χ1) is 13.7. The molecule has 28 heavy (non-hydrogen) atoms. The van der Waals surface area contributed by atoms with Gasteiger partial charge in [0, 0.05) is 61.6 Å². The highest BCUT2D eigenvalue weighted by Gasteiger charge is 2.25. The first kappa shape index (κ1) is 18.9. The highest BCUT2D eigenvalue weighted by atomic mass is 16.3. The van der Waals surface area contributed by atoms with Gasteiger partial charge in [0.05, 0.1) is 18.7 Å². The molecule has 0 saturated heterocycles. The number of aliphatic hydroxyl groups is 1. The van der Waals surface area contributed by atoms with Crippen LogP contribution in [-0.2, 0) is 13.0 Å². The molecule has 7 nitrogen and oxygen atoms in total. The molecule has 3 aromatic rings. The Morgan fingerprint density at radius 2 is 2.07 bits per heavy atom. The van der Waals surface area contributed by atoms with E-state index in [0.29, 0.717) is 6.54 Å². The molecule has 0 bridgehead atoms. The van der Waals surface area contributed by atoms with Gasteiger partial charge in [-0.3, -0.25) is 9.67 Å². The van der Waals surface area contributed by atoms with Crippen molar-refractivity contribution in [1.29, 1.82) is 0 Å². The van der Waals surface area contributed by atoms with Crippen LogP contribution < -0.4 is 10.6 Å². The van der Waals surface area contributed by atoms with Gasteiger partial charge in [-0.2, -0.15) is 5.10 Å². The molecular weight excluding hydrogens is 352 g/mol. The summed E-state index contributed by atoms with van der Waals surface area (Å²) >= 11 is 0. The van der Waals surface area contributed by atoms with Crippen molar-refractivity contribution in [1.82, 2.24) is 25.0 Å². The quantitative estimate of drug-likeness (QED) is 0.383. The van der Waals surface area contributed by atoms with Gasteiger partial charge in [0.2, 0.25) is 0 Å². The molecule has 0 aliphatic heterocycles. The van der Waals surface area contributed by atoms with E-state index in [4.69, 9.17) is 10.2 Å². The Hall–Kier alpha value is -2.48. The monoisotopic (exact) mass is 380 g/mol. The van der Waals surface area contributed by atoms with Gasteiger partial charge in [-0.1, -0.05) is 0 Å². The maximum absolute atomic E-state index is 8.97. The summed E-state index contributed by atoms with van der Waals surface area (Å²) in [7, 11) is 4.18. The number of fused-ring (bicyclic) bond motifs is 2. The van der Waals surface area contributed by atoms with Crippen LogP contribution in [0.5, 0.6) is 0 Å². The van der Waals surface area contributed by atoms with Crippen molar-refractivity contribution < 1.29 is 5.11 Å². The minimum atomic E-state index is 0.149. The van der Waals surface area contributed by atoms with Crippen molar-refractivity contribution in [2.24, 2.45) is 0 Å². The molecule has 4 rings (SSSR count). The SMILES string of the molecule is CN(C)CCNc1ccc2c3c(nn2CCNCCO)-c2cnccc2Cc13. The molecular formula is C21H28N6O. The molecule has 1 aromatic carbocycles. The largest absolute Gasteiger partial charge is 0.395 e. The van der Waals surface area contributed by atoms with E-state index in [-0.39, 0.29) is 6.61 Å². The van der Waals surface area contributed by atoms with Crippen LogP contribution in [0.4, 0.5) is 5.69 Å². The molecule has 0 atom stereocenters. The van der Waals surface area contributed by atoms with Crippen LogP contribution in [0.2, 0.25) is 0 Å². The standard InChI is InChI=1S/C21H28N6O/c1-26(2)10-8-24-18-3-4-19-20-16(18)13-15-5-6-23-14-17(15)21(20)25-27(19)11-7-22-9-12-28/h3-6,14,22,24,28H,7-13H2,1-2H3. The van der Waals surface area contributed by atoms with Gasteiger partial charge < -0.3 is 20.6 Å². The van der Waals surface area contributed by atoms with Gasteiger partial charge in [-0.15, -0.1) is 0 Å². The van der Waals surface area contributed by atoms with E-state index in [1.807, 2.05) is 12.4 Å². The summed E-state index contributed by atoms with van der Waals surface area (Å²) in [6.45, 7) is 4.18. The fourth-order valence-corrected chi connectivity index (χ4v) is 3.83. The van der Waals surface area contributed by atoms with Crippen LogP contribution in [0.3, 0.4) is 0 Å². The molecule has 0 amide bonds. The fraction of sp³-hybridized carbons (Fsp3) is 0.429. The van der Waals surface area contributed by atoms with Crippen LogP contribution in [0, 0.1) is 0 Å². The summed E-state index contributed by atoms with van der Waals surface area (Å²) in [6, 6.07) is 6.45. The van der Waals surface area contributed by atoms with Crippen LogP contribution in [-0.4, -0.2) is 71.7 Å². The van der Waals surface area contributed by atoms with Crippen molar-refractivity contribution in [2.45, 2.75) is 13.0 Å². The van der Waals surface area contributed by atoms with E-state index in [1.165, 1.54) is 22.2 Å². The molecule has 148 valence electrons. The number of aromatic nitrogens is 3. The number of aliphatic hydroxyl groups excluding tert-OH is 1. The second-order valence-electron chi connectivity index (χ2n) is 7.47. The normalized spacial score (nSPS) is 12.6. The number of hydrogen-bond donors (Lipinski definition) is 3. The molecule has 3 N–H and O–H groups in total. The average molecular weight is 380 g/mol. The summed E-state index contributed by atoms with van der Waals surface area (Å²) in [6.07, 6.45) is 4.68. The van der Waals surface area contributed by atoms with Crippen molar-refractivity contribution in [3.63, 3.8) is 0 Å². The lowest BCUT2D eigenvalue weighted by molar-refractivity contribution is 0.291. The van der Waals surface area contributed by atoms with Crippen molar-refractivity contribution in [3.8, 4) is 11.3 Å². The Bertz CT molecular complexity index is 965. The van der Waals surface area contributed by atoms with E-state index >= 15 is 0 Å². The van der Waals surface area contributed by atoms with Gasteiger partial charge >= 0.3 is 0 Å². The summed E-state index contributed by atoms with van der Waals surface area (Å²) in [5.74, 6) is 0. The number of nitrogens with one attached hydrogen (secondary N) is 2. The molecule has 0 spiro atoms. The molecule has 1 aliphatic rings. The smallest absolute Gasteiger partial charge is 0.102 e. The average Bonchev–Trinajstić information content (AvgIpc) is 3.06. The lowest BCUT2D eigenvalue weighted by Gasteiger charge is -2.20. The molecule has 0 saturated carbocycles. The van der Waals surface area contributed by atoms with E-state index in [1.54, 1.807) is 0 Å². The van der Waals surface area contributed by atoms with Crippen LogP contribution in [0.15, 0.2) is 30.6 Å². The lowest BCUT2D eigenvalue weighted by Crippen LogP contribution is -2.23. The van der Waals surface area contributed by atoms with Gasteiger partial charge in [-0.05, 0) is 43.4 Å². The van der Waals surface area contributed by atoms with E-state index < -0.39 is 0 Å². The number of pyridine rings is 1. The molecule has 0 unspecified atom stereocenters. The zero-order valence-corrected chi connectivity index (χ0v) is 16.6. The number of nitrogens with zero attached hydrogens (tertiary/aromatic N) is 4. The maximum Gasteiger partial charge on any atom is 0.102 e. The van der Waals surface area contributed by atoms with E-state index in [0.717, 1.165) is 49.4 Å². The van der Waals surface area contributed by atoms with Gasteiger partial charge in [0.15, 0.2) is 0 Å². The van der Waals surface area contributed by atoms with Gasteiger partial charge in [-0.25, -0.2) is 0 Å². The Morgan fingerprint density at radius 1 is 1.18 bits per heavy atom. The number of rotatable bonds is 9. The fourth-order valence-electron chi connectivity index (χ4n) is 3.83. The molecule has 7 heteroatoms.